The molecule has 0 aliphatic heterocycles. The molecule has 1 N–H and O–H groups in total. The van der Waals surface area contributed by atoms with Crippen molar-refractivity contribution in [3.8, 4) is 11.5 Å². The van der Waals surface area contributed by atoms with Gasteiger partial charge in [0.15, 0.2) is 0 Å². The quantitative estimate of drug-likeness (QED) is 0.322. The Kier molecular flexibility index (Phi) is 10.6. The maximum absolute atomic E-state index is 14.0. The standard InChI is InChI=1S/C31H38FN3O6S/c1-7-41-27-16-12-25(13-17-27)35(42(38,39)28-18-10-24(32)11-19-28)21-29(36)34(22(2)30(37)33-31(3,4)5)20-23-8-14-26(40-6)15-9-23/h8-19,22H,7,20-21H2,1-6H3,(H,33,37)/t22-/m1/s1. The third kappa shape index (κ3) is 8.45. The van der Waals surface area contributed by atoms with Gasteiger partial charge in [0, 0.05) is 12.1 Å². The Bertz CT molecular complexity index is 1450. The summed E-state index contributed by atoms with van der Waals surface area (Å²) in [6.07, 6.45) is 0. The summed E-state index contributed by atoms with van der Waals surface area (Å²) in [6, 6.07) is 16.7. The normalized spacial score (nSPS) is 12.3. The van der Waals surface area contributed by atoms with E-state index in [0.29, 0.717) is 23.7 Å². The number of carbonyl (C=O) groups excluding carboxylic acids is 2. The average Bonchev–Trinajstić information content (AvgIpc) is 2.94. The Balaban J connectivity index is 2.03. The Labute approximate surface area is 247 Å². The Morgan fingerprint density at radius 1 is 0.929 bits per heavy atom. The number of sulfonamides is 1. The SMILES string of the molecule is CCOc1ccc(N(CC(=O)N(Cc2ccc(OC)cc2)[C@H](C)C(=O)NC(C)(C)C)S(=O)(=O)c2ccc(F)cc2)cc1. The molecule has 0 saturated carbocycles. The largest absolute Gasteiger partial charge is 0.497 e. The summed E-state index contributed by atoms with van der Waals surface area (Å²) in [4.78, 5) is 28.3. The van der Waals surface area contributed by atoms with Crippen LogP contribution >= 0.6 is 0 Å². The summed E-state index contributed by atoms with van der Waals surface area (Å²) in [6.45, 7) is 8.75. The van der Waals surface area contributed by atoms with E-state index in [9.17, 15) is 22.4 Å². The van der Waals surface area contributed by atoms with Crippen LogP contribution in [0.4, 0.5) is 10.1 Å². The molecule has 3 rings (SSSR count). The number of carbonyl (C=O) groups is 2. The van der Waals surface area contributed by atoms with Crippen LogP contribution in [0.25, 0.3) is 0 Å². The molecule has 42 heavy (non-hydrogen) atoms. The number of nitrogens with one attached hydrogen (secondary N) is 1. The van der Waals surface area contributed by atoms with E-state index in [2.05, 4.69) is 5.32 Å². The predicted molar refractivity (Wildman–Crippen MR) is 159 cm³/mol. The van der Waals surface area contributed by atoms with Gasteiger partial charge in [-0.1, -0.05) is 12.1 Å². The minimum Gasteiger partial charge on any atom is -0.497 e. The summed E-state index contributed by atoms with van der Waals surface area (Å²) in [5.74, 6) is -0.440. The Hall–Kier alpha value is -4.12. The van der Waals surface area contributed by atoms with Crippen molar-refractivity contribution in [2.24, 2.45) is 0 Å². The molecule has 0 fully saturated rings. The highest BCUT2D eigenvalue weighted by Crippen LogP contribution is 2.27. The van der Waals surface area contributed by atoms with Gasteiger partial charge in [-0.05, 0) is 101 Å². The van der Waals surface area contributed by atoms with E-state index >= 15 is 0 Å². The van der Waals surface area contributed by atoms with Gasteiger partial charge in [0.1, 0.15) is 29.9 Å². The van der Waals surface area contributed by atoms with Crippen molar-refractivity contribution in [3.05, 3.63) is 84.2 Å². The number of halogens is 1. The number of nitrogens with zero attached hydrogens (tertiary/aromatic N) is 2. The lowest BCUT2D eigenvalue weighted by Gasteiger charge is -2.33. The van der Waals surface area contributed by atoms with E-state index in [1.807, 2.05) is 27.7 Å². The Morgan fingerprint density at radius 2 is 1.50 bits per heavy atom. The van der Waals surface area contributed by atoms with E-state index in [1.165, 1.54) is 17.0 Å². The van der Waals surface area contributed by atoms with Crippen molar-refractivity contribution in [1.29, 1.82) is 0 Å². The van der Waals surface area contributed by atoms with Crippen LogP contribution in [-0.2, 0) is 26.2 Å². The van der Waals surface area contributed by atoms with Gasteiger partial charge in [-0.15, -0.1) is 0 Å². The van der Waals surface area contributed by atoms with Crippen molar-refractivity contribution >= 4 is 27.5 Å². The second-order valence-corrected chi connectivity index (χ2v) is 12.5. The molecule has 0 bridgehead atoms. The van der Waals surface area contributed by atoms with Gasteiger partial charge in [-0.25, -0.2) is 12.8 Å². The first-order valence-corrected chi connectivity index (χ1v) is 14.9. The average molecular weight is 600 g/mol. The van der Waals surface area contributed by atoms with Crippen LogP contribution in [0.3, 0.4) is 0 Å². The third-order valence-corrected chi connectivity index (χ3v) is 8.08. The van der Waals surface area contributed by atoms with Crippen molar-refractivity contribution in [2.45, 2.75) is 57.6 Å². The molecule has 0 radical (unpaired) electrons. The molecule has 3 aromatic rings. The number of benzene rings is 3. The van der Waals surface area contributed by atoms with Crippen LogP contribution in [0, 0.1) is 5.82 Å². The lowest BCUT2D eigenvalue weighted by atomic mass is 10.1. The van der Waals surface area contributed by atoms with Crippen molar-refractivity contribution in [2.75, 3.05) is 24.6 Å². The van der Waals surface area contributed by atoms with E-state index in [4.69, 9.17) is 9.47 Å². The molecule has 11 heteroatoms. The van der Waals surface area contributed by atoms with E-state index in [-0.39, 0.29) is 17.1 Å². The number of methoxy groups -OCH3 is 1. The predicted octanol–water partition coefficient (Wildman–Crippen LogP) is 4.76. The molecule has 3 aromatic carbocycles. The highest BCUT2D eigenvalue weighted by Gasteiger charge is 2.33. The van der Waals surface area contributed by atoms with Gasteiger partial charge in [-0.3, -0.25) is 13.9 Å². The number of hydrogen-bond donors (Lipinski definition) is 1. The zero-order valence-electron chi connectivity index (χ0n) is 24.8. The van der Waals surface area contributed by atoms with Crippen LogP contribution < -0.4 is 19.1 Å². The molecular weight excluding hydrogens is 561 g/mol. The highest BCUT2D eigenvalue weighted by atomic mass is 32.2. The Morgan fingerprint density at radius 3 is 2.02 bits per heavy atom. The lowest BCUT2D eigenvalue weighted by molar-refractivity contribution is -0.140. The number of rotatable bonds is 12. The second-order valence-electron chi connectivity index (χ2n) is 10.7. The monoisotopic (exact) mass is 599 g/mol. The van der Waals surface area contributed by atoms with E-state index < -0.39 is 45.8 Å². The molecule has 0 spiro atoms. The molecule has 0 unspecified atom stereocenters. The molecule has 9 nitrogen and oxygen atoms in total. The van der Waals surface area contributed by atoms with Gasteiger partial charge >= 0.3 is 0 Å². The molecule has 2 amide bonds. The fourth-order valence-electron chi connectivity index (χ4n) is 4.12. The molecule has 0 aliphatic rings. The van der Waals surface area contributed by atoms with Crippen LogP contribution in [0.2, 0.25) is 0 Å². The van der Waals surface area contributed by atoms with Gasteiger partial charge in [0.2, 0.25) is 11.8 Å². The molecule has 0 heterocycles. The molecule has 226 valence electrons. The van der Waals surface area contributed by atoms with Crippen LogP contribution in [-0.4, -0.2) is 57.0 Å². The first-order valence-electron chi connectivity index (χ1n) is 13.5. The topological polar surface area (TPSA) is 105 Å². The third-order valence-electron chi connectivity index (χ3n) is 6.29. The molecule has 0 saturated heterocycles. The summed E-state index contributed by atoms with van der Waals surface area (Å²) in [5.41, 5.74) is 0.362. The summed E-state index contributed by atoms with van der Waals surface area (Å²) >= 11 is 0. The lowest BCUT2D eigenvalue weighted by Crippen LogP contribution is -2.54. The van der Waals surface area contributed by atoms with Crippen molar-refractivity contribution in [3.63, 3.8) is 0 Å². The summed E-state index contributed by atoms with van der Waals surface area (Å²) < 4.78 is 53.0. The fraction of sp³-hybridized carbons (Fsp3) is 0.355. The first-order chi connectivity index (χ1) is 19.7. The number of amides is 2. The zero-order chi connectivity index (χ0) is 31.1. The van der Waals surface area contributed by atoms with Crippen LogP contribution in [0.15, 0.2) is 77.7 Å². The maximum atomic E-state index is 14.0. The van der Waals surface area contributed by atoms with Gasteiger partial charge in [0.05, 0.1) is 24.3 Å². The van der Waals surface area contributed by atoms with Crippen molar-refractivity contribution < 1.29 is 31.9 Å². The molecular formula is C31H38FN3O6S. The van der Waals surface area contributed by atoms with Gasteiger partial charge < -0.3 is 19.7 Å². The van der Waals surface area contributed by atoms with Gasteiger partial charge in [0.25, 0.3) is 10.0 Å². The van der Waals surface area contributed by atoms with E-state index in [1.54, 1.807) is 50.4 Å². The minimum absolute atomic E-state index is 0.0370. The van der Waals surface area contributed by atoms with Crippen molar-refractivity contribution in [1.82, 2.24) is 10.2 Å². The number of hydrogen-bond acceptors (Lipinski definition) is 6. The first kappa shape index (κ1) is 32.4. The van der Waals surface area contributed by atoms with Crippen LogP contribution in [0.5, 0.6) is 11.5 Å². The number of anilines is 1. The van der Waals surface area contributed by atoms with Gasteiger partial charge in [-0.2, -0.15) is 0 Å². The molecule has 0 aromatic heterocycles. The maximum Gasteiger partial charge on any atom is 0.264 e. The summed E-state index contributed by atoms with van der Waals surface area (Å²) in [5, 5.41) is 2.89. The zero-order valence-corrected chi connectivity index (χ0v) is 25.6. The van der Waals surface area contributed by atoms with E-state index in [0.717, 1.165) is 28.6 Å². The number of ether oxygens (including phenoxy) is 2. The fourth-order valence-corrected chi connectivity index (χ4v) is 5.54. The minimum atomic E-state index is -4.32. The molecule has 0 aliphatic carbocycles. The second kappa shape index (κ2) is 13.7. The van der Waals surface area contributed by atoms with Crippen LogP contribution in [0.1, 0.15) is 40.2 Å². The highest BCUT2D eigenvalue weighted by molar-refractivity contribution is 7.92. The molecule has 1 atom stereocenters. The smallest absolute Gasteiger partial charge is 0.264 e. The summed E-state index contributed by atoms with van der Waals surface area (Å²) in [7, 11) is -2.78.